The highest BCUT2D eigenvalue weighted by molar-refractivity contribution is 5.58. The lowest BCUT2D eigenvalue weighted by Crippen LogP contribution is -2.12. The van der Waals surface area contributed by atoms with Crippen molar-refractivity contribution in [3.63, 3.8) is 0 Å². The lowest BCUT2D eigenvalue weighted by atomic mass is 10.2. The van der Waals surface area contributed by atoms with Crippen molar-refractivity contribution in [2.75, 3.05) is 17.7 Å². The van der Waals surface area contributed by atoms with Crippen LogP contribution in [0.4, 0.5) is 30.6 Å². The van der Waals surface area contributed by atoms with Gasteiger partial charge in [-0.25, -0.2) is 9.97 Å². The number of imidazole rings is 1. The van der Waals surface area contributed by atoms with Gasteiger partial charge in [-0.05, 0) is 13.3 Å². The molecule has 3 aromatic rings. The Morgan fingerprint density at radius 3 is 2.81 bits per heavy atom. The molecule has 0 fully saturated rings. The van der Waals surface area contributed by atoms with Crippen molar-refractivity contribution >= 4 is 17.5 Å². The summed E-state index contributed by atoms with van der Waals surface area (Å²) < 4.78 is 42.8. The molecule has 0 bridgehead atoms. The summed E-state index contributed by atoms with van der Waals surface area (Å²) in [6, 6.07) is 0.0724. The monoisotopic (exact) mass is 378 g/mol. The van der Waals surface area contributed by atoms with Gasteiger partial charge in [-0.1, -0.05) is 0 Å². The lowest BCUT2D eigenvalue weighted by Gasteiger charge is -2.12. The Balaban J connectivity index is 1.60. The highest BCUT2D eigenvalue weighted by Gasteiger charge is 2.35. The van der Waals surface area contributed by atoms with Crippen molar-refractivity contribution in [3.05, 3.63) is 41.9 Å². The third-order valence-corrected chi connectivity index (χ3v) is 4.54. The minimum Gasteiger partial charge on any atom is -0.372 e. The summed E-state index contributed by atoms with van der Waals surface area (Å²) in [6.45, 7) is 2.68. The van der Waals surface area contributed by atoms with Crippen molar-refractivity contribution in [1.29, 1.82) is 0 Å². The van der Waals surface area contributed by atoms with E-state index in [1.54, 1.807) is 6.33 Å². The average Bonchev–Trinajstić information content (AvgIpc) is 3.30. The minimum atomic E-state index is -4.52. The highest BCUT2D eigenvalue weighted by atomic mass is 19.4. The van der Waals surface area contributed by atoms with Gasteiger partial charge in [0.25, 0.3) is 0 Å². The largest absolute Gasteiger partial charge is 0.421 e. The molecule has 0 spiro atoms. The molecule has 0 aliphatic carbocycles. The third-order valence-electron chi connectivity index (χ3n) is 4.54. The van der Waals surface area contributed by atoms with Crippen molar-refractivity contribution in [3.8, 4) is 0 Å². The summed E-state index contributed by atoms with van der Waals surface area (Å²) in [4.78, 5) is 11.9. The first kappa shape index (κ1) is 17.3. The molecular weight excluding hydrogens is 361 g/mol. The van der Waals surface area contributed by atoms with Gasteiger partial charge in [0.05, 0.1) is 35.6 Å². The third kappa shape index (κ3) is 3.09. The van der Waals surface area contributed by atoms with E-state index in [1.807, 2.05) is 24.0 Å². The Morgan fingerprint density at radius 1 is 1.26 bits per heavy atom. The quantitative estimate of drug-likeness (QED) is 0.726. The highest BCUT2D eigenvalue weighted by Crippen LogP contribution is 2.34. The van der Waals surface area contributed by atoms with E-state index >= 15 is 0 Å². The summed E-state index contributed by atoms with van der Waals surface area (Å²) in [6.07, 6.45) is 2.56. The second-order valence-corrected chi connectivity index (χ2v) is 6.25. The molecule has 11 heteroatoms. The Labute approximate surface area is 152 Å². The Bertz CT molecular complexity index is 974. The van der Waals surface area contributed by atoms with Crippen molar-refractivity contribution in [2.45, 2.75) is 32.1 Å². The number of aromatic nitrogens is 6. The van der Waals surface area contributed by atoms with Crippen LogP contribution in [0.5, 0.6) is 0 Å². The molecule has 2 N–H and O–H groups in total. The molecule has 0 unspecified atom stereocenters. The van der Waals surface area contributed by atoms with Gasteiger partial charge in [0.2, 0.25) is 5.95 Å². The van der Waals surface area contributed by atoms with Crippen LogP contribution in [0.15, 0.2) is 24.9 Å². The molecule has 1 atom stereocenters. The molecule has 3 aromatic heterocycles. The molecule has 1 aliphatic heterocycles. The van der Waals surface area contributed by atoms with Gasteiger partial charge in [0.15, 0.2) is 0 Å². The van der Waals surface area contributed by atoms with Crippen LogP contribution in [-0.4, -0.2) is 36.3 Å². The predicted molar refractivity (Wildman–Crippen MR) is 91.8 cm³/mol. The van der Waals surface area contributed by atoms with Gasteiger partial charge in [-0.2, -0.15) is 23.3 Å². The van der Waals surface area contributed by atoms with E-state index in [0.717, 1.165) is 24.9 Å². The molecule has 0 saturated carbocycles. The molecule has 0 aromatic carbocycles. The number of halogens is 3. The van der Waals surface area contributed by atoms with Crippen LogP contribution in [-0.2, 0) is 12.7 Å². The zero-order valence-corrected chi connectivity index (χ0v) is 14.6. The van der Waals surface area contributed by atoms with Crippen LogP contribution in [0.25, 0.3) is 0 Å². The van der Waals surface area contributed by atoms with E-state index in [1.165, 1.54) is 7.05 Å². The van der Waals surface area contributed by atoms with Crippen molar-refractivity contribution in [1.82, 2.24) is 29.3 Å². The van der Waals surface area contributed by atoms with Gasteiger partial charge >= 0.3 is 6.18 Å². The van der Waals surface area contributed by atoms with Gasteiger partial charge < -0.3 is 15.2 Å². The number of nitrogens with zero attached hydrogens (tertiary/aromatic N) is 6. The number of fused-ring (bicyclic) bond motifs is 1. The molecule has 0 saturated heterocycles. The maximum absolute atomic E-state index is 13.0. The van der Waals surface area contributed by atoms with Gasteiger partial charge in [0, 0.05) is 26.0 Å². The zero-order valence-electron chi connectivity index (χ0n) is 14.6. The van der Waals surface area contributed by atoms with Crippen LogP contribution in [0.1, 0.15) is 29.4 Å². The predicted octanol–water partition coefficient (Wildman–Crippen LogP) is 2.98. The molecule has 0 amide bonds. The second kappa shape index (κ2) is 6.25. The number of rotatable bonds is 4. The van der Waals surface area contributed by atoms with E-state index in [0.29, 0.717) is 11.4 Å². The van der Waals surface area contributed by atoms with Crippen molar-refractivity contribution < 1.29 is 13.2 Å². The summed E-state index contributed by atoms with van der Waals surface area (Å²) in [5, 5.41) is 9.94. The number of hydrogen-bond acceptors (Lipinski definition) is 6. The molecular formula is C16H17F3N8. The smallest absolute Gasteiger partial charge is 0.372 e. The number of alkyl halides is 3. The Kier molecular flexibility index (Phi) is 4.01. The van der Waals surface area contributed by atoms with Crippen LogP contribution < -0.4 is 10.6 Å². The van der Waals surface area contributed by atoms with Crippen molar-refractivity contribution in [2.24, 2.45) is 0 Å². The fraction of sp³-hybridized carbons (Fsp3) is 0.375. The number of nitrogens with one attached hydrogen (secondary N) is 2. The molecule has 1 aliphatic rings. The fourth-order valence-electron chi connectivity index (χ4n) is 3.20. The first-order valence-electron chi connectivity index (χ1n) is 8.31. The summed E-state index contributed by atoms with van der Waals surface area (Å²) in [7, 11) is 1.38. The number of hydrogen-bond donors (Lipinski definition) is 2. The maximum Gasteiger partial charge on any atom is 0.421 e. The summed E-state index contributed by atoms with van der Waals surface area (Å²) in [5.41, 5.74) is 1.49. The first-order chi connectivity index (χ1) is 12.9. The summed E-state index contributed by atoms with van der Waals surface area (Å²) >= 11 is 0. The summed E-state index contributed by atoms with van der Waals surface area (Å²) in [5.74, 6) is -0.226. The fourth-order valence-corrected chi connectivity index (χ4v) is 3.20. The van der Waals surface area contributed by atoms with Crippen LogP contribution >= 0.6 is 0 Å². The second-order valence-electron chi connectivity index (χ2n) is 6.25. The van der Waals surface area contributed by atoms with Gasteiger partial charge in [0.1, 0.15) is 11.4 Å². The molecule has 8 nitrogen and oxygen atoms in total. The Hall–Kier alpha value is -3.11. The van der Waals surface area contributed by atoms with Crippen LogP contribution in [0.3, 0.4) is 0 Å². The van der Waals surface area contributed by atoms with Crippen LogP contribution in [0.2, 0.25) is 0 Å². The molecule has 142 valence electrons. The minimum absolute atomic E-state index is 0.0615. The van der Waals surface area contributed by atoms with E-state index in [4.69, 9.17) is 0 Å². The lowest BCUT2D eigenvalue weighted by molar-refractivity contribution is -0.137. The Morgan fingerprint density at radius 2 is 2.07 bits per heavy atom. The normalized spacial score (nSPS) is 16.4. The van der Waals surface area contributed by atoms with E-state index < -0.39 is 11.7 Å². The molecule has 4 heterocycles. The molecule has 0 radical (unpaired) electrons. The topological polar surface area (TPSA) is 85.5 Å². The maximum atomic E-state index is 13.0. The number of anilines is 3. The van der Waals surface area contributed by atoms with Gasteiger partial charge in [-0.3, -0.25) is 4.68 Å². The standard InChI is InChI=1S/C16H17F3N8/c1-9-11(7-27(25-9)12-3-4-26-8-21-6-13(12)26)23-15-22-5-10(16(17,18)19)14(20-2)24-15/h5-8,12H,3-4H2,1-2H3,(H2,20,22,23,24)/t12-/m0/s1. The number of aryl methyl sites for hydroxylation is 2. The van der Waals surface area contributed by atoms with E-state index in [2.05, 4.69) is 35.3 Å². The van der Waals surface area contributed by atoms with Crippen LogP contribution in [0, 0.1) is 6.92 Å². The van der Waals surface area contributed by atoms with E-state index in [9.17, 15) is 13.2 Å². The zero-order chi connectivity index (χ0) is 19.2. The first-order valence-corrected chi connectivity index (χ1v) is 8.31. The molecule has 4 rings (SSSR count). The van der Waals surface area contributed by atoms with E-state index in [-0.39, 0.29) is 17.8 Å². The molecule has 27 heavy (non-hydrogen) atoms. The van der Waals surface area contributed by atoms with Gasteiger partial charge in [-0.15, -0.1) is 0 Å². The SMILES string of the molecule is CNc1nc(Nc2cn([C@H]3CCn4cncc43)nc2C)ncc1C(F)(F)F. The average molecular weight is 378 g/mol.